The van der Waals surface area contributed by atoms with Crippen LogP contribution in [0.25, 0.3) is 0 Å². The van der Waals surface area contributed by atoms with Gasteiger partial charge in [-0.1, -0.05) is 20.8 Å². The number of rotatable bonds is 3. The summed E-state index contributed by atoms with van der Waals surface area (Å²) >= 11 is 0. The minimum atomic E-state index is -1.07. The van der Waals surface area contributed by atoms with Gasteiger partial charge in [-0.25, -0.2) is 9.78 Å². The third-order valence-electron chi connectivity index (χ3n) is 6.08. The van der Waals surface area contributed by atoms with Crippen LogP contribution in [0.15, 0.2) is 12.1 Å². The number of fused-ring (bicyclic) bond motifs is 2. The Hall–Kier alpha value is -1.78. The predicted molar refractivity (Wildman–Crippen MR) is 79.3 cm³/mol. The Bertz CT molecular complexity index is 599. The van der Waals surface area contributed by atoms with Gasteiger partial charge in [0.05, 0.1) is 5.69 Å². The largest absolute Gasteiger partial charge is 0.477 e. The molecule has 1 heterocycles. The Morgan fingerprint density at radius 2 is 2.14 bits per heavy atom. The van der Waals surface area contributed by atoms with Gasteiger partial charge < -0.3 is 15.6 Å². The van der Waals surface area contributed by atoms with Crippen molar-refractivity contribution in [1.29, 1.82) is 0 Å². The van der Waals surface area contributed by atoms with Crippen molar-refractivity contribution in [2.24, 2.45) is 16.7 Å². The molecule has 2 aliphatic carbocycles. The van der Waals surface area contributed by atoms with E-state index in [1.165, 1.54) is 12.5 Å². The normalized spacial score (nSPS) is 33.1. The number of hydrogen-bond donors (Lipinski definition) is 2. The predicted octanol–water partition coefficient (Wildman–Crippen LogP) is 2.96. The lowest BCUT2D eigenvalue weighted by Crippen LogP contribution is -2.39. The fraction of sp³-hybridized carbons (Fsp3) is 0.625. The fourth-order valence-corrected chi connectivity index (χ4v) is 4.11. The average Bonchev–Trinajstić information content (AvgIpc) is 2.74. The third-order valence-corrected chi connectivity index (χ3v) is 6.08. The molecule has 0 aliphatic heterocycles. The molecule has 3 atom stereocenters. The van der Waals surface area contributed by atoms with E-state index >= 15 is 0 Å². The molecule has 0 aromatic carbocycles. The number of hydrogen-bond acceptors (Lipinski definition) is 4. The Morgan fingerprint density at radius 1 is 1.43 bits per heavy atom. The minimum Gasteiger partial charge on any atom is -0.477 e. The number of aromatic nitrogens is 1. The molecule has 114 valence electrons. The zero-order valence-electron chi connectivity index (χ0n) is 12.7. The van der Waals surface area contributed by atoms with E-state index in [1.807, 2.05) is 0 Å². The third kappa shape index (κ3) is 1.90. The number of nitrogens with zero attached hydrogens (tertiary/aromatic N) is 1. The smallest absolute Gasteiger partial charge is 0.354 e. The molecule has 2 aliphatic rings. The first-order chi connectivity index (χ1) is 9.75. The summed E-state index contributed by atoms with van der Waals surface area (Å²) in [5, 5.41) is 9.04. The van der Waals surface area contributed by atoms with E-state index in [0.29, 0.717) is 11.6 Å². The first-order valence-electron chi connectivity index (χ1n) is 7.42. The van der Waals surface area contributed by atoms with E-state index in [2.05, 4.69) is 25.8 Å². The molecule has 2 fully saturated rings. The number of carbonyl (C=O) groups is 1. The zero-order valence-corrected chi connectivity index (χ0v) is 12.7. The number of nitrogen functional groups attached to an aromatic ring is 1. The summed E-state index contributed by atoms with van der Waals surface area (Å²) in [6.45, 7) is 6.87. The fourth-order valence-electron chi connectivity index (χ4n) is 4.11. The van der Waals surface area contributed by atoms with E-state index < -0.39 is 5.97 Å². The van der Waals surface area contributed by atoms with Crippen molar-refractivity contribution < 1.29 is 14.6 Å². The standard InChI is InChI=1S/C16H22N2O3/c1-15(2)9-6-7-16(15,3)12(8-9)21-13-10(17)4-5-11(18-13)14(19)20/h4-5,9,12H,6-8,17H2,1-3H3,(H,19,20). The Balaban J connectivity index is 1.89. The van der Waals surface area contributed by atoms with Crippen LogP contribution in [0.1, 0.15) is 50.5 Å². The molecule has 0 saturated heterocycles. The van der Waals surface area contributed by atoms with Crippen LogP contribution < -0.4 is 10.5 Å². The van der Waals surface area contributed by atoms with Crippen LogP contribution in [0, 0.1) is 16.7 Å². The molecule has 21 heavy (non-hydrogen) atoms. The number of carboxylic acids is 1. The van der Waals surface area contributed by atoms with Crippen LogP contribution >= 0.6 is 0 Å². The molecule has 3 rings (SSSR count). The van der Waals surface area contributed by atoms with Crippen molar-refractivity contribution in [2.45, 2.75) is 46.1 Å². The molecule has 5 nitrogen and oxygen atoms in total. The highest BCUT2D eigenvalue weighted by molar-refractivity contribution is 5.86. The summed E-state index contributed by atoms with van der Waals surface area (Å²) in [6, 6.07) is 2.95. The maximum absolute atomic E-state index is 11.0. The summed E-state index contributed by atoms with van der Waals surface area (Å²) in [5.41, 5.74) is 6.57. The average molecular weight is 290 g/mol. The molecule has 3 N–H and O–H groups in total. The van der Waals surface area contributed by atoms with Gasteiger partial charge in [0.2, 0.25) is 5.88 Å². The van der Waals surface area contributed by atoms with Crippen LogP contribution in [0.3, 0.4) is 0 Å². The van der Waals surface area contributed by atoms with E-state index in [9.17, 15) is 4.79 Å². The molecule has 0 radical (unpaired) electrons. The summed E-state index contributed by atoms with van der Waals surface area (Å²) < 4.78 is 6.07. The van der Waals surface area contributed by atoms with E-state index in [4.69, 9.17) is 15.6 Å². The molecule has 2 bridgehead atoms. The lowest BCUT2D eigenvalue weighted by atomic mass is 9.70. The van der Waals surface area contributed by atoms with E-state index in [-0.39, 0.29) is 28.5 Å². The Morgan fingerprint density at radius 3 is 2.67 bits per heavy atom. The number of carboxylic acid groups (broad SMARTS) is 1. The second-order valence-corrected chi connectivity index (χ2v) is 7.11. The van der Waals surface area contributed by atoms with Gasteiger partial charge in [0.1, 0.15) is 6.10 Å². The Kier molecular flexibility index (Phi) is 2.94. The van der Waals surface area contributed by atoms with E-state index in [1.54, 1.807) is 6.07 Å². The molecule has 0 amide bonds. The number of aromatic carboxylic acids is 1. The van der Waals surface area contributed by atoms with Crippen molar-refractivity contribution >= 4 is 11.7 Å². The second kappa shape index (κ2) is 4.36. The highest BCUT2D eigenvalue weighted by Gasteiger charge is 2.62. The zero-order chi connectivity index (χ0) is 15.4. The number of ether oxygens (including phenoxy) is 1. The molecular weight excluding hydrogens is 268 g/mol. The molecule has 3 unspecified atom stereocenters. The van der Waals surface area contributed by atoms with Crippen molar-refractivity contribution in [2.75, 3.05) is 5.73 Å². The van der Waals surface area contributed by atoms with E-state index in [0.717, 1.165) is 12.8 Å². The summed E-state index contributed by atoms with van der Waals surface area (Å²) in [4.78, 5) is 15.1. The van der Waals surface area contributed by atoms with Crippen molar-refractivity contribution in [1.82, 2.24) is 4.98 Å². The molecule has 0 spiro atoms. The highest BCUT2D eigenvalue weighted by Crippen LogP contribution is 2.66. The minimum absolute atomic E-state index is 0.0354. The first-order valence-corrected chi connectivity index (χ1v) is 7.42. The van der Waals surface area contributed by atoms with Crippen molar-refractivity contribution in [3.05, 3.63) is 17.8 Å². The monoisotopic (exact) mass is 290 g/mol. The van der Waals surface area contributed by atoms with Crippen LogP contribution in [0.4, 0.5) is 5.69 Å². The number of anilines is 1. The maximum Gasteiger partial charge on any atom is 0.354 e. The van der Waals surface area contributed by atoms with Gasteiger partial charge in [0.15, 0.2) is 5.69 Å². The summed E-state index contributed by atoms with van der Waals surface area (Å²) in [6.07, 6.45) is 3.40. The second-order valence-electron chi connectivity index (χ2n) is 7.11. The van der Waals surface area contributed by atoms with Crippen LogP contribution in [-0.4, -0.2) is 22.2 Å². The van der Waals surface area contributed by atoms with Gasteiger partial charge in [0, 0.05) is 5.41 Å². The van der Waals surface area contributed by atoms with Gasteiger partial charge in [-0.2, -0.15) is 0 Å². The lowest BCUT2D eigenvalue weighted by molar-refractivity contribution is 0.0275. The van der Waals surface area contributed by atoms with Gasteiger partial charge >= 0.3 is 5.97 Å². The SMILES string of the molecule is CC1(C)C2CCC1(C)C(Oc1nc(C(=O)O)ccc1N)C2. The molecular formula is C16H22N2O3. The van der Waals surface area contributed by atoms with Crippen LogP contribution in [0.5, 0.6) is 5.88 Å². The van der Waals surface area contributed by atoms with Gasteiger partial charge in [-0.05, 0) is 42.7 Å². The highest BCUT2D eigenvalue weighted by atomic mass is 16.5. The summed E-state index contributed by atoms with van der Waals surface area (Å²) in [7, 11) is 0. The van der Waals surface area contributed by atoms with Gasteiger partial charge in [0.25, 0.3) is 0 Å². The first kappa shape index (κ1) is 14.2. The molecule has 1 aromatic rings. The van der Waals surface area contributed by atoms with Crippen molar-refractivity contribution in [3.63, 3.8) is 0 Å². The topological polar surface area (TPSA) is 85.4 Å². The molecule has 1 aromatic heterocycles. The summed E-state index contributed by atoms with van der Waals surface area (Å²) in [5.74, 6) is -0.166. The lowest BCUT2D eigenvalue weighted by Gasteiger charge is -2.38. The van der Waals surface area contributed by atoms with Crippen molar-refractivity contribution in [3.8, 4) is 5.88 Å². The number of nitrogens with two attached hydrogens (primary N) is 1. The van der Waals surface area contributed by atoms with Gasteiger partial charge in [-0.15, -0.1) is 0 Å². The quantitative estimate of drug-likeness (QED) is 0.894. The number of pyridine rings is 1. The molecule has 2 saturated carbocycles. The van der Waals surface area contributed by atoms with Crippen LogP contribution in [0.2, 0.25) is 0 Å². The Labute approximate surface area is 124 Å². The van der Waals surface area contributed by atoms with Gasteiger partial charge in [-0.3, -0.25) is 0 Å². The van der Waals surface area contributed by atoms with Crippen LogP contribution in [-0.2, 0) is 0 Å². The maximum atomic E-state index is 11.0. The molecule has 5 heteroatoms.